The summed E-state index contributed by atoms with van der Waals surface area (Å²) in [5, 5.41) is 6.22. The molecule has 0 radical (unpaired) electrons. The van der Waals surface area contributed by atoms with Crippen molar-refractivity contribution in [2.75, 3.05) is 66.4 Å². The van der Waals surface area contributed by atoms with E-state index in [1.165, 1.54) is 18.1 Å². The number of aromatic nitrogens is 2. The first-order chi connectivity index (χ1) is 21.4. The normalized spacial score (nSPS) is 17.0. The number of hydrogen-bond acceptors (Lipinski definition) is 7. The number of benzene rings is 2. The van der Waals surface area contributed by atoms with Crippen LogP contribution < -0.4 is 15.4 Å². The predicted molar refractivity (Wildman–Crippen MR) is 166 cm³/mol. The summed E-state index contributed by atoms with van der Waals surface area (Å²) < 4.78 is 51.6. The molecule has 0 saturated carbocycles. The number of anilines is 1. The Bertz CT molecular complexity index is 1580. The van der Waals surface area contributed by atoms with Crippen LogP contribution in [0.1, 0.15) is 39.6 Å². The van der Waals surface area contributed by atoms with Crippen molar-refractivity contribution in [2.24, 2.45) is 5.92 Å². The van der Waals surface area contributed by atoms with Gasteiger partial charge in [-0.05, 0) is 42.7 Å². The van der Waals surface area contributed by atoms with Crippen LogP contribution in [-0.4, -0.2) is 104 Å². The van der Waals surface area contributed by atoms with Gasteiger partial charge in [-0.3, -0.25) is 9.59 Å². The van der Waals surface area contributed by atoms with E-state index in [0.29, 0.717) is 29.2 Å². The zero-order chi connectivity index (χ0) is 32.7. The molecule has 1 aromatic heterocycles. The van der Waals surface area contributed by atoms with Crippen molar-refractivity contribution in [3.8, 4) is 17.6 Å². The van der Waals surface area contributed by atoms with E-state index in [0.717, 1.165) is 36.9 Å². The second-order valence-corrected chi connectivity index (χ2v) is 11.3. The third kappa shape index (κ3) is 8.67. The van der Waals surface area contributed by atoms with Gasteiger partial charge in [-0.2, -0.15) is 13.2 Å². The summed E-state index contributed by atoms with van der Waals surface area (Å²) in [5.74, 6) is 6.02. The van der Waals surface area contributed by atoms with Gasteiger partial charge in [-0.25, -0.2) is 4.98 Å². The van der Waals surface area contributed by atoms with Gasteiger partial charge in [0, 0.05) is 58.0 Å². The molecule has 4 rings (SSSR count). The highest BCUT2D eigenvalue weighted by Crippen LogP contribution is 2.27. The van der Waals surface area contributed by atoms with Crippen LogP contribution >= 0.6 is 0 Å². The molecule has 45 heavy (non-hydrogen) atoms. The third-order valence-corrected chi connectivity index (χ3v) is 7.69. The molecule has 2 atom stereocenters. The number of alkyl halides is 3. The van der Waals surface area contributed by atoms with Gasteiger partial charge in [0.1, 0.15) is 17.8 Å². The van der Waals surface area contributed by atoms with E-state index in [2.05, 4.69) is 39.3 Å². The average molecular weight is 629 g/mol. The molecule has 2 aromatic carbocycles. The molecule has 0 spiro atoms. The molecule has 2 N–H and O–H groups in total. The number of rotatable bonds is 10. The molecule has 1 aliphatic rings. The van der Waals surface area contributed by atoms with E-state index in [4.69, 9.17) is 9.47 Å². The van der Waals surface area contributed by atoms with Gasteiger partial charge in [0.15, 0.2) is 0 Å². The quantitative estimate of drug-likeness (QED) is 0.329. The molecule has 0 unspecified atom stereocenters. The first-order valence-corrected chi connectivity index (χ1v) is 14.6. The van der Waals surface area contributed by atoms with Crippen molar-refractivity contribution in [2.45, 2.75) is 32.1 Å². The van der Waals surface area contributed by atoms with Gasteiger partial charge in [0.2, 0.25) is 0 Å². The number of ether oxygens (including phenoxy) is 2. The van der Waals surface area contributed by atoms with E-state index in [1.807, 2.05) is 0 Å². The monoisotopic (exact) mass is 628 g/mol. The molecule has 0 bridgehead atoms. The van der Waals surface area contributed by atoms with Gasteiger partial charge in [0.25, 0.3) is 11.8 Å². The number of nitrogens with one attached hydrogen (secondary N) is 2. The Morgan fingerprint density at radius 2 is 1.96 bits per heavy atom. The van der Waals surface area contributed by atoms with Crippen molar-refractivity contribution in [3.63, 3.8) is 0 Å². The van der Waals surface area contributed by atoms with Gasteiger partial charge < -0.3 is 34.5 Å². The number of hydrogen-bond donors (Lipinski definition) is 2. The average Bonchev–Trinajstić information content (AvgIpc) is 3.39. The fourth-order valence-corrected chi connectivity index (χ4v) is 5.37. The number of fused-ring (bicyclic) bond motifs is 1. The van der Waals surface area contributed by atoms with Gasteiger partial charge >= 0.3 is 6.18 Å². The van der Waals surface area contributed by atoms with Crippen molar-refractivity contribution in [1.82, 2.24) is 24.7 Å². The minimum absolute atomic E-state index is 0.104. The molecule has 2 heterocycles. The van der Waals surface area contributed by atoms with Crippen molar-refractivity contribution in [1.29, 1.82) is 0 Å². The molecule has 10 nitrogen and oxygen atoms in total. The predicted octanol–water partition coefficient (Wildman–Crippen LogP) is 3.86. The van der Waals surface area contributed by atoms with Crippen molar-refractivity contribution >= 4 is 28.5 Å². The topological polar surface area (TPSA) is 101 Å². The maximum atomic E-state index is 13.6. The highest BCUT2D eigenvalue weighted by Gasteiger charge is 2.31. The van der Waals surface area contributed by atoms with Gasteiger partial charge in [0.05, 0.1) is 43.4 Å². The zero-order valence-electron chi connectivity index (χ0n) is 26.1. The largest absolute Gasteiger partial charge is 0.495 e. The first-order valence-electron chi connectivity index (χ1n) is 14.6. The summed E-state index contributed by atoms with van der Waals surface area (Å²) in [7, 11) is 6.49. The Labute approximate surface area is 260 Å². The van der Waals surface area contributed by atoms with Crippen LogP contribution in [0.25, 0.3) is 11.0 Å². The van der Waals surface area contributed by atoms with E-state index in [-0.39, 0.29) is 41.0 Å². The Morgan fingerprint density at radius 3 is 2.62 bits per heavy atom. The van der Waals surface area contributed by atoms with Crippen LogP contribution in [0, 0.1) is 17.8 Å². The van der Waals surface area contributed by atoms with Crippen LogP contribution in [0.4, 0.5) is 18.9 Å². The van der Waals surface area contributed by atoms with E-state index >= 15 is 0 Å². The number of nitrogens with zero attached hydrogens (tertiary/aromatic N) is 4. The molecule has 1 aliphatic heterocycles. The number of piperidine rings is 1. The summed E-state index contributed by atoms with van der Waals surface area (Å²) in [6.45, 7) is 3.97. The molecular formula is C32H39F3N6O4. The second-order valence-electron chi connectivity index (χ2n) is 11.3. The Morgan fingerprint density at radius 1 is 1.18 bits per heavy atom. The second kappa shape index (κ2) is 14.7. The summed E-state index contributed by atoms with van der Waals surface area (Å²) in [4.78, 5) is 33.9. The molecule has 13 heteroatoms. The molecule has 3 aromatic rings. The number of carbonyl (C=O) groups excluding carboxylic acids is 2. The summed E-state index contributed by atoms with van der Waals surface area (Å²) >= 11 is 0. The number of halogens is 3. The summed E-state index contributed by atoms with van der Waals surface area (Å²) in [6.07, 6.45) is -2.65. The smallest absolute Gasteiger partial charge is 0.406 e. The standard InChI is InChI=1S/C32H39F3N6O4/c1-21-18-40(13-14-44-4)12-10-25(21)38-30(42)24-15-22(16-27-29(24)37-20-41(27)19-32(33,34)35)7-6-11-36-26-17-23(31(43)39(2)3)8-9-28(26)45-5/h8-9,15-17,20-21,25,36H,10-14,18-19H2,1-5H3,(H,38,42)/t21-,25-/m0/s1. The number of imidazole rings is 1. The maximum Gasteiger partial charge on any atom is 0.406 e. The van der Waals surface area contributed by atoms with Crippen molar-refractivity contribution < 1.29 is 32.2 Å². The minimum atomic E-state index is -4.48. The molecule has 1 saturated heterocycles. The summed E-state index contributed by atoms with van der Waals surface area (Å²) in [6, 6.07) is 7.97. The lowest BCUT2D eigenvalue weighted by atomic mass is 9.93. The fraction of sp³-hybridized carbons (Fsp3) is 0.469. The van der Waals surface area contributed by atoms with Crippen LogP contribution in [0.2, 0.25) is 0 Å². The maximum absolute atomic E-state index is 13.6. The minimum Gasteiger partial charge on any atom is -0.495 e. The first kappa shape index (κ1) is 33.6. The number of likely N-dealkylation sites (tertiary alicyclic amines) is 1. The lowest BCUT2D eigenvalue weighted by Crippen LogP contribution is -2.50. The lowest BCUT2D eigenvalue weighted by Gasteiger charge is -2.37. The molecular weight excluding hydrogens is 589 g/mol. The lowest BCUT2D eigenvalue weighted by molar-refractivity contribution is -0.139. The van der Waals surface area contributed by atoms with Crippen LogP contribution in [0.3, 0.4) is 0 Å². The third-order valence-electron chi connectivity index (χ3n) is 7.69. The fourth-order valence-electron chi connectivity index (χ4n) is 5.37. The van der Waals surface area contributed by atoms with Crippen LogP contribution in [-0.2, 0) is 11.3 Å². The van der Waals surface area contributed by atoms with Crippen molar-refractivity contribution in [3.05, 3.63) is 53.3 Å². The summed E-state index contributed by atoms with van der Waals surface area (Å²) in [5.41, 5.74) is 1.89. The van der Waals surface area contributed by atoms with Crippen LogP contribution in [0.15, 0.2) is 36.7 Å². The zero-order valence-corrected chi connectivity index (χ0v) is 26.1. The highest BCUT2D eigenvalue weighted by atomic mass is 19.4. The van der Waals surface area contributed by atoms with Gasteiger partial charge in [-0.15, -0.1) is 0 Å². The van der Waals surface area contributed by atoms with Crippen LogP contribution in [0.5, 0.6) is 5.75 Å². The highest BCUT2D eigenvalue weighted by molar-refractivity contribution is 6.05. The number of carbonyl (C=O) groups is 2. The molecule has 1 fully saturated rings. The van der Waals surface area contributed by atoms with E-state index < -0.39 is 18.6 Å². The van der Waals surface area contributed by atoms with Gasteiger partial charge in [-0.1, -0.05) is 18.8 Å². The Kier molecular flexibility index (Phi) is 11.0. The number of amides is 2. The number of methoxy groups -OCH3 is 2. The Hall–Kier alpha value is -4.28. The van der Waals surface area contributed by atoms with E-state index in [9.17, 15) is 22.8 Å². The molecule has 0 aliphatic carbocycles. The Balaban J connectivity index is 1.58. The molecule has 242 valence electrons. The molecule has 2 amide bonds. The SMILES string of the molecule is COCCN1CC[C@H](NC(=O)c2cc(C#CCNc3cc(C(=O)N(C)C)ccc3OC)cc3c2ncn3CC(F)(F)F)[C@@H](C)C1. The van der Waals surface area contributed by atoms with E-state index in [1.54, 1.807) is 45.5 Å².